The standard InChI is InChI=1S/C18H18BrN3O3S/c1-11(23)22(2)14-7-5-13(6-8-14)20-18(26)21-17(24)12-4-9-16(25-3)15(19)10-12/h4-10H,1-3H3,(H2,20,21,24,26). The summed E-state index contributed by atoms with van der Waals surface area (Å²) in [5.74, 6) is 0.246. The van der Waals surface area contributed by atoms with E-state index in [0.717, 1.165) is 5.69 Å². The van der Waals surface area contributed by atoms with Gasteiger partial charge >= 0.3 is 0 Å². The average molecular weight is 436 g/mol. The first-order chi connectivity index (χ1) is 12.3. The van der Waals surface area contributed by atoms with Gasteiger partial charge in [0.05, 0.1) is 11.6 Å². The molecule has 2 amide bonds. The highest BCUT2D eigenvalue weighted by molar-refractivity contribution is 9.10. The second-order valence-electron chi connectivity index (χ2n) is 5.38. The number of nitrogens with zero attached hydrogens (tertiary/aromatic N) is 1. The van der Waals surface area contributed by atoms with Crippen LogP contribution in [0.5, 0.6) is 5.75 Å². The van der Waals surface area contributed by atoms with Gasteiger partial charge in [0.25, 0.3) is 5.91 Å². The first kappa shape index (κ1) is 19.9. The minimum atomic E-state index is -0.334. The van der Waals surface area contributed by atoms with E-state index in [9.17, 15) is 9.59 Å². The predicted molar refractivity (Wildman–Crippen MR) is 110 cm³/mol. The molecule has 2 rings (SSSR count). The van der Waals surface area contributed by atoms with Gasteiger partial charge in [0.15, 0.2) is 5.11 Å². The number of hydrogen-bond donors (Lipinski definition) is 2. The summed E-state index contributed by atoms with van der Waals surface area (Å²) < 4.78 is 5.82. The van der Waals surface area contributed by atoms with Crippen LogP contribution < -0.4 is 20.3 Å². The lowest BCUT2D eigenvalue weighted by atomic mass is 10.2. The third-order valence-corrected chi connectivity index (χ3v) is 4.45. The van der Waals surface area contributed by atoms with Crippen molar-refractivity contribution in [1.82, 2.24) is 5.32 Å². The Bertz CT molecular complexity index is 840. The van der Waals surface area contributed by atoms with Gasteiger partial charge in [0, 0.05) is 30.9 Å². The van der Waals surface area contributed by atoms with E-state index in [1.807, 2.05) is 0 Å². The second kappa shape index (κ2) is 8.77. The van der Waals surface area contributed by atoms with Gasteiger partial charge in [0.1, 0.15) is 5.75 Å². The Morgan fingerprint density at radius 1 is 1.15 bits per heavy atom. The minimum Gasteiger partial charge on any atom is -0.496 e. The molecule has 0 spiro atoms. The van der Waals surface area contributed by atoms with Gasteiger partial charge in [-0.1, -0.05) is 0 Å². The number of hydrogen-bond acceptors (Lipinski definition) is 4. The van der Waals surface area contributed by atoms with Crippen molar-refractivity contribution in [1.29, 1.82) is 0 Å². The van der Waals surface area contributed by atoms with E-state index < -0.39 is 0 Å². The zero-order valence-electron chi connectivity index (χ0n) is 14.5. The summed E-state index contributed by atoms with van der Waals surface area (Å²) >= 11 is 8.52. The van der Waals surface area contributed by atoms with Gasteiger partial charge in [-0.25, -0.2) is 0 Å². The molecule has 0 aromatic heterocycles. The van der Waals surface area contributed by atoms with Gasteiger partial charge in [-0.05, 0) is 70.6 Å². The SMILES string of the molecule is COc1ccc(C(=O)NC(=S)Nc2ccc(N(C)C(C)=O)cc2)cc1Br. The van der Waals surface area contributed by atoms with Crippen molar-refractivity contribution in [2.24, 2.45) is 0 Å². The van der Waals surface area contributed by atoms with Gasteiger partial charge in [-0.3, -0.25) is 14.9 Å². The zero-order chi connectivity index (χ0) is 19.3. The van der Waals surface area contributed by atoms with Gasteiger partial charge in [0.2, 0.25) is 5.91 Å². The maximum atomic E-state index is 12.3. The van der Waals surface area contributed by atoms with Crippen LogP contribution in [0, 0.1) is 0 Å². The van der Waals surface area contributed by atoms with Gasteiger partial charge < -0.3 is 15.0 Å². The number of carbonyl (C=O) groups excluding carboxylic acids is 2. The Balaban J connectivity index is 1.98. The molecule has 0 atom stereocenters. The molecule has 0 saturated carbocycles. The molecule has 0 fully saturated rings. The number of carbonyl (C=O) groups is 2. The number of rotatable bonds is 4. The highest BCUT2D eigenvalue weighted by atomic mass is 79.9. The smallest absolute Gasteiger partial charge is 0.257 e. The fourth-order valence-electron chi connectivity index (χ4n) is 2.10. The van der Waals surface area contributed by atoms with Gasteiger partial charge in [-0.15, -0.1) is 0 Å². The number of halogens is 1. The molecule has 0 unspecified atom stereocenters. The topological polar surface area (TPSA) is 70.7 Å². The van der Waals surface area contributed by atoms with Crippen LogP contribution in [0.15, 0.2) is 46.9 Å². The Morgan fingerprint density at radius 2 is 1.81 bits per heavy atom. The molecule has 0 aliphatic heterocycles. The molecule has 0 bridgehead atoms. The summed E-state index contributed by atoms with van der Waals surface area (Å²) in [7, 11) is 3.25. The fraction of sp³-hybridized carbons (Fsp3) is 0.167. The summed E-state index contributed by atoms with van der Waals surface area (Å²) in [6, 6.07) is 12.1. The Hall–Kier alpha value is -2.45. The number of benzene rings is 2. The molecule has 0 aliphatic carbocycles. The third kappa shape index (κ3) is 5.03. The van der Waals surface area contributed by atoms with Crippen molar-refractivity contribution < 1.29 is 14.3 Å². The van der Waals surface area contributed by atoms with Crippen LogP contribution in [0.4, 0.5) is 11.4 Å². The normalized spacial score (nSPS) is 10.0. The number of nitrogens with one attached hydrogen (secondary N) is 2. The lowest BCUT2D eigenvalue weighted by Gasteiger charge is -2.16. The second-order valence-corrected chi connectivity index (χ2v) is 6.65. The monoisotopic (exact) mass is 435 g/mol. The summed E-state index contributed by atoms with van der Waals surface area (Å²) in [6.45, 7) is 1.49. The summed E-state index contributed by atoms with van der Waals surface area (Å²) in [5, 5.41) is 5.73. The Labute approximate surface area is 165 Å². The molecule has 2 aromatic rings. The molecular weight excluding hydrogens is 418 g/mol. The molecule has 2 aromatic carbocycles. The number of methoxy groups -OCH3 is 1. The van der Waals surface area contributed by atoms with Crippen molar-refractivity contribution in [3.8, 4) is 5.75 Å². The highest BCUT2D eigenvalue weighted by Crippen LogP contribution is 2.25. The fourth-order valence-corrected chi connectivity index (χ4v) is 2.85. The molecule has 8 heteroatoms. The largest absolute Gasteiger partial charge is 0.496 e. The summed E-state index contributed by atoms with van der Waals surface area (Å²) in [4.78, 5) is 25.2. The lowest BCUT2D eigenvalue weighted by Crippen LogP contribution is -2.34. The third-order valence-electron chi connectivity index (χ3n) is 3.63. The van der Waals surface area contributed by atoms with E-state index in [1.54, 1.807) is 56.6 Å². The molecule has 2 N–H and O–H groups in total. The minimum absolute atomic E-state index is 0.0563. The average Bonchev–Trinajstić information content (AvgIpc) is 2.61. The predicted octanol–water partition coefficient (Wildman–Crippen LogP) is 3.57. The van der Waals surface area contributed by atoms with E-state index in [4.69, 9.17) is 17.0 Å². The van der Waals surface area contributed by atoms with Crippen LogP contribution in [-0.2, 0) is 4.79 Å². The molecule has 0 heterocycles. The molecule has 6 nitrogen and oxygen atoms in total. The van der Waals surface area contributed by atoms with E-state index in [0.29, 0.717) is 21.5 Å². The van der Waals surface area contributed by atoms with Crippen molar-refractivity contribution in [3.63, 3.8) is 0 Å². The van der Waals surface area contributed by atoms with Crippen LogP contribution in [0.3, 0.4) is 0 Å². The maximum Gasteiger partial charge on any atom is 0.257 e. The van der Waals surface area contributed by atoms with Crippen LogP contribution in [0.1, 0.15) is 17.3 Å². The van der Waals surface area contributed by atoms with Crippen molar-refractivity contribution in [2.45, 2.75) is 6.92 Å². The number of amides is 2. The van der Waals surface area contributed by atoms with E-state index in [1.165, 1.54) is 11.8 Å². The number of ether oxygens (including phenoxy) is 1. The first-order valence-corrected chi connectivity index (χ1v) is 8.82. The number of thiocarbonyl (C=S) groups is 1. The summed E-state index contributed by atoms with van der Waals surface area (Å²) in [6.07, 6.45) is 0. The quantitative estimate of drug-likeness (QED) is 0.718. The molecule has 136 valence electrons. The molecular formula is C18H18BrN3O3S. The van der Waals surface area contributed by atoms with E-state index in [2.05, 4.69) is 26.6 Å². The first-order valence-electron chi connectivity index (χ1n) is 7.62. The van der Waals surface area contributed by atoms with Gasteiger partial charge in [-0.2, -0.15) is 0 Å². The van der Waals surface area contributed by atoms with Crippen LogP contribution in [0.25, 0.3) is 0 Å². The van der Waals surface area contributed by atoms with Crippen molar-refractivity contribution in [2.75, 3.05) is 24.4 Å². The van der Waals surface area contributed by atoms with Crippen molar-refractivity contribution in [3.05, 3.63) is 52.5 Å². The van der Waals surface area contributed by atoms with Crippen LogP contribution in [0.2, 0.25) is 0 Å². The number of anilines is 2. The Kier molecular flexibility index (Phi) is 6.70. The zero-order valence-corrected chi connectivity index (χ0v) is 16.9. The molecule has 0 saturated heterocycles. The maximum absolute atomic E-state index is 12.3. The highest BCUT2D eigenvalue weighted by Gasteiger charge is 2.11. The van der Waals surface area contributed by atoms with Crippen molar-refractivity contribution >= 4 is 56.4 Å². The lowest BCUT2D eigenvalue weighted by molar-refractivity contribution is -0.116. The molecule has 26 heavy (non-hydrogen) atoms. The van der Waals surface area contributed by atoms with Crippen LogP contribution >= 0.6 is 28.1 Å². The van der Waals surface area contributed by atoms with Crippen LogP contribution in [-0.4, -0.2) is 31.1 Å². The van der Waals surface area contributed by atoms with E-state index in [-0.39, 0.29) is 16.9 Å². The molecule has 0 radical (unpaired) electrons. The molecule has 0 aliphatic rings. The summed E-state index contributed by atoms with van der Waals surface area (Å²) in [5.41, 5.74) is 1.91. The Morgan fingerprint density at radius 3 is 2.35 bits per heavy atom. The van der Waals surface area contributed by atoms with E-state index >= 15 is 0 Å².